The van der Waals surface area contributed by atoms with Gasteiger partial charge in [-0.3, -0.25) is 4.79 Å². The summed E-state index contributed by atoms with van der Waals surface area (Å²) >= 11 is 1.46. The summed E-state index contributed by atoms with van der Waals surface area (Å²) in [6.45, 7) is -0.0323. The van der Waals surface area contributed by atoms with Crippen LogP contribution in [0.1, 0.15) is 58.6 Å². The van der Waals surface area contributed by atoms with Gasteiger partial charge in [0.25, 0.3) is 5.56 Å². The Morgan fingerprint density at radius 2 is 2.14 bits per heavy atom. The highest BCUT2D eigenvalue weighted by molar-refractivity contribution is 7.06. The Hall–Kier alpha value is -1.89. The van der Waals surface area contributed by atoms with Gasteiger partial charge in [-0.2, -0.15) is 0 Å². The fraction of sp³-hybridized carbons (Fsp3) is 0.500. The number of aromatic nitrogens is 3. The Labute approximate surface area is 124 Å². The van der Waals surface area contributed by atoms with Crippen LogP contribution >= 0.6 is 11.5 Å². The highest BCUT2D eigenvalue weighted by Gasteiger charge is 2.37. The Kier molecular flexibility index (Phi) is 2.95. The van der Waals surface area contributed by atoms with E-state index >= 15 is 0 Å². The molecule has 2 aromatic heterocycles. The lowest BCUT2D eigenvalue weighted by atomic mass is 9.71. The van der Waals surface area contributed by atoms with Crippen LogP contribution in [0.15, 0.2) is 17.2 Å². The van der Waals surface area contributed by atoms with Crippen molar-refractivity contribution in [2.75, 3.05) is 0 Å². The number of nitrogens with one attached hydrogen (secondary N) is 1. The molecule has 1 fully saturated rings. The molecule has 2 heterocycles. The van der Waals surface area contributed by atoms with Gasteiger partial charge in [0.05, 0.1) is 0 Å². The molecular formula is C14H15N3O3S. The van der Waals surface area contributed by atoms with Gasteiger partial charge in [0, 0.05) is 22.8 Å². The lowest BCUT2D eigenvalue weighted by Gasteiger charge is -2.34. The normalized spacial score (nSPS) is 23.0. The predicted octanol–water partition coefficient (Wildman–Crippen LogP) is 2.20. The molecule has 3 aliphatic rings. The second-order valence-electron chi connectivity index (χ2n) is 5.60. The van der Waals surface area contributed by atoms with Gasteiger partial charge in [0.1, 0.15) is 0 Å². The van der Waals surface area contributed by atoms with E-state index in [0.717, 1.165) is 18.4 Å². The number of carbonyl (C=O) groups excluding carboxylic acids is 1. The maximum atomic E-state index is 12.5. The quantitative estimate of drug-likeness (QED) is 0.882. The van der Waals surface area contributed by atoms with E-state index < -0.39 is 5.97 Å². The molecular weight excluding hydrogens is 290 g/mol. The molecule has 2 aromatic rings. The van der Waals surface area contributed by atoms with Crippen LogP contribution in [0.3, 0.4) is 0 Å². The van der Waals surface area contributed by atoms with Gasteiger partial charge in [0.15, 0.2) is 6.73 Å². The Morgan fingerprint density at radius 1 is 1.38 bits per heavy atom. The number of ether oxygens (including phenoxy) is 1. The number of aromatic amines is 1. The monoisotopic (exact) mass is 305 g/mol. The van der Waals surface area contributed by atoms with Gasteiger partial charge < -0.3 is 9.72 Å². The second kappa shape index (κ2) is 4.84. The minimum atomic E-state index is -0.541. The van der Waals surface area contributed by atoms with E-state index in [2.05, 4.69) is 9.97 Å². The molecule has 6 nitrogen and oxygen atoms in total. The van der Waals surface area contributed by atoms with Crippen LogP contribution in [0, 0.1) is 0 Å². The molecule has 0 saturated heterocycles. The van der Waals surface area contributed by atoms with E-state index in [-0.39, 0.29) is 18.1 Å². The molecule has 0 atom stereocenters. The first kappa shape index (κ1) is 12.8. The summed E-state index contributed by atoms with van der Waals surface area (Å²) < 4.78 is 6.72. The van der Waals surface area contributed by atoms with Crippen molar-refractivity contribution in [3.63, 3.8) is 0 Å². The van der Waals surface area contributed by atoms with Gasteiger partial charge in [-0.05, 0) is 37.5 Å². The lowest BCUT2D eigenvalue weighted by molar-refractivity contribution is 0.0371. The largest absolute Gasteiger partial charge is 0.437 e. The number of hydrogen-bond donors (Lipinski definition) is 1. The highest BCUT2D eigenvalue weighted by Crippen LogP contribution is 2.49. The van der Waals surface area contributed by atoms with Crippen molar-refractivity contribution < 1.29 is 9.53 Å². The van der Waals surface area contributed by atoms with Crippen LogP contribution in [0.25, 0.3) is 0 Å². The molecule has 0 amide bonds. The second-order valence-corrected chi connectivity index (χ2v) is 6.66. The van der Waals surface area contributed by atoms with Crippen LogP contribution in [-0.4, -0.2) is 19.9 Å². The van der Waals surface area contributed by atoms with Gasteiger partial charge >= 0.3 is 5.97 Å². The van der Waals surface area contributed by atoms with Gasteiger partial charge in [-0.15, -0.1) is 0 Å². The smallest absolute Gasteiger partial charge is 0.376 e. The summed E-state index contributed by atoms with van der Waals surface area (Å²) in [5, 5.41) is 0. The maximum absolute atomic E-state index is 12.5. The van der Waals surface area contributed by atoms with Gasteiger partial charge in [0.2, 0.25) is 5.82 Å². The summed E-state index contributed by atoms with van der Waals surface area (Å²) in [7, 11) is 0. The zero-order chi connectivity index (χ0) is 14.4. The topological polar surface area (TPSA) is 77.0 Å². The third-order valence-electron chi connectivity index (χ3n) is 4.44. The van der Waals surface area contributed by atoms with Crippen LogP contribution < -0.4 is 5.56 Å². The van der Waals surface area contributed by atoms with E-state index in [9.17, 15) is 9.59 Å². The minimum absolute atomic E-state index is 0.0247. The van der Waals surface area contributed by atoms with Crippen molar-refractivity contribution in [2.45, 2.75) is 44.2 Å². The molecule has 1 N–H and O–H groups in total. The van der Waals surface area contributed by atoms with Gasteiger partial charge in [-0.25, -0.2) is 13.7 Å². The molecule has 0 spiro atoms. The predicted molar refractivity (Wildman–Crippen MR) is 76.5 cm³/mol. The zero-order valence-electron chi connectivity index (χ0n) is 11.4. The minimum Gasteiger partial charge on any atom is -0.437 e. The maximum Gasteiger partial charge on any atom is 0.376 e. The van der Waals surface area contributed by atoms with Crippen molar-refractivity contribution in [1.82, 2.24) is 13.9 Å². The third kappa shape index (κ3) is 2.03. The molecule has 0 aliphatic heterocycles. The first-order chi connectivity index (χ1) is 10.2. The van der Waals surface area contributed by atoms with Crippen molar-refractivity contribution in [3.8, 4) is 0 Å². The number of rotatable bonds is 3. The molecule has 3 aliphatic carbocycles. The Bertz CT molecular complexity index is 723. The molecule has 21 heavy (non-hydrogen) atoms. The number of hydrogen-bond acceptors (Lipinski definition) is 5. The third-order valence-corrected chi connectivity index (χ3v) is 5.68. The average Bonchev–Trinajstić information content (AvgIpc) is 3.15. The van der Waals surface area contributed by atoms with E-state index in [4.69, 9.17) is 4.74 Å². The van der Waals surface area contributed by atoms with Crippen LogP contribution in [0.5, 0.6) is 0 Å². The fourth-order valence-electron chi connectivity index (χ4n) is 3.41. The summed E-state index contributed by atoms with van der Waals surface area (Å²) in [5.41, 5.74) is 1.01. The van der Waals surface area contributed by atoms with Crippen LogP contribution in [-0.2, 0) is 11.5 Å². The Balaban J connectivity index is 1.56. The molecule has 1 saturated carbocycles. The summed E-state index contributed by atoms with van der Waals surface area (Å²) in [6, 6.07) is 0. The van der Waals surface area contributed by atoms with E-state index in [1.165, 1.54) is 35.4 Å². The fourth-order valence-corrected chi connectivity index (χ4v) is 4.67. The summed E-state index contributed by atoms with van der Waals surface area (Å²) in [5.74, 6) is 0.561. The van der Waals surface area contributed by atoms with Crippen molar-refractivity contribution in [2.24, 2.45) is 0 Å². The molecule has 7 heteroatoms. The van der Waals surface area contributed by atoms with Gasteiger partial charge in [-0.1, -0.05) is 11.5 Å². The number of H-pyrrole nitrogens is 1. The molecule has 110 valence electrons. The average molecular weight is 305 g/mol. The van der Waals surface area contributed by atoms with Crippen molar-refractivity contribution in [3.05, 3.63) is 39.0 Å². The van der Waals surface area contributed by atoms with E-state index in [1.807, 2.05) is 0 Å². The lowest BCUT2D eigenvalue weighted by Crippen LogP contribution is -2.27. The van der Waals surface area contributed by atoms with Crippen LogP contribution in [0.2, 0.25) is 0 Å². The summed E-state index contributed by atoms with van der Waals surface area (Å²) in [6.07, 6.45) is 7.66. The highest BCUT2D eigenvalue weighted by atomic mass is 32.1. The number of esters is 1. The van der Waals surface area contributed by atoms with E-state index in [1.54, 1.807) is 10.2 Å². The first-order valence-electron chi connectivity index (χ1n) is 7.14. The first-order valence-corrected chi connectivity index (χ1v) is 7.92. The number of imidazole rings is 1. The SMILES string of the molecule is O=C(OCn1sc2c(c1=O)C1CCC2CC1)c1ncc[nH]1. The molecule has 5 rings (SSSR count). The number of fused-ring (bicyclic) bond motifs is 2. The Morgan fingerprint density at radius 3 is 2.81 bits per heavy atom. The summed E-state index contributed by atoms with van der Waals surface area (Å²) in [4.78, 5) is 32.0. The molecule has 2 bridgehead atoms. The number of carbonyl (C=O) groups is 1. The number of nitrogens with zero attached hydrogens (tertiary/aromatic N) is 2. The van der Waals surface area contributed by atoms with Crippen LogP contribution in [0.4, 0.5) is 0 Å². The van der Waals surface area contributed by atoms with E-state index in [0.29, 0.717) is 11.8 Å². The molecule has 0 aromatic carbocycles. The standard InChI is InChI=1S/C14H15N3O3S/c18-13-10-8-1-3-9(4-2-8)11(10)21-17(13)7-20-14(19)12-15-5-6-16-12/h5-6,8-9H,1-4,7H2,(H,15,16). The molecule has 0 radical (unpaired) electrons. The molecule has 0 unspecified atom stereocenters. The zero-order valence-corrected chi connectivity index (χ0v) is 12.2. The van der Waals surface area contributed by atoms with Crippen molar-refractivity contribution in [1.29, 1.82) is 0 Å². The van der Waals surface area contributed by atoms with Crippen molar-refractivity contribution >= 4 is 17.5 Å².